The molecule has 0 unspecified atom stereocenters. The fourth-order valence-electron chi connectivity index (χ4n) is 2.88. The van der Waals surface area contributed by atoms with Crippen LogP contribution < -0.4 is 10.5 Å². The Morgan fingerprint density at radius 2 is 1.74 bits per heavy atom. The fourth-order valence-corrected chi connectivity index (χ4v) is 3.24. The molecule has 0 aliphatic carbocycles. The number of benzene rings is 2. The summed E-state index contributed by atoms with van der Waals surface area (Å²) in [6.45, 7) is 2.76. The number of hydrogen-bond acceptors (Lipinski definition) is 5. The summed E-state index contributed by atoms with van der Waals surface area (Å²) < 4.78 is 86.1. The second kappa shape index (κ2) is 9.53. The van der Waals surface area contributed by atoms with Gasteiger partial charge < -0.3 is 14.9 Å². The number of aromatic nitrogens is 1. The number of nitrogens with zero attached hydrogens (tertiary/aromatic N) is 2. The summed E-state index contributed by atoms with van der Waals surface area (Å²) in [4.78, 5) is 8.45. The van der Waals surface area contributed by atoms with Crippen LogP contribution in [0.5, 0.6) is 5.75 Å². The molecule has 0 saturated carbocycles. The third-order valence-electron chi connectivity index (χ3n) is 4.43. The SMILES string of the molecule is CC(C=Nc1ccc(Br)cc1-c1oc(C)nc1-c1ccc(OC(F)(F)F)cc1)=C(N)C(F)(F)F. The molecule has 5 nitrogen and oxygen atoms in total. The zero-order chi connectivity index (χ0) is 25.3. The van der Waals surface area contributed by atoms with Crippen LogP contribution in [0.1, 0.15) is 12.8 Å². The Morgan fingerprint density at radius 3 is 2.32 bits per heavy atom. The van der Waals surface area contributed by atoms with Gasteiger partial charge in [0.25, 0.3) is 0 Å². The highest BCUT2D eigenvalue weighted by Crippen LogP contribution is 2.40. The highest BCUT2D eigenvalue weighted by atomic mass is 79.9. The van der Waals surface area contributed by atoms with Crippen molar-refractivity contribution in [1.29, 1.82) is 0 Å². The van der Waals surface area contributed by atoms with Crippen LogP contribution in [0.4, 0.5) is 32.0 Å². The number of halogens is 7. The summed E-state index contributed by atoms with van der Waals surface area (Å²) in [6.07, 6.45) is -8.54. The van der Waals surface area contributed by atoms with E-state index in [0.717, 1.165) is 18.3 Å². The topological polar surface area (TPSA) is 73.6 Å². The lowest BCUT2D eigenvalue weighted by Gasteiger charge is -2.10. The van der Waals surface area contributed by atoms with Gasteiger partial charge in [-0.05, 0) is 55.0 Å². The predicted octanol–water partition coefficient (Wildman–Crippen LogP) is 7.48. The first kappa shape index (κ1) is 25.3. The van der Waals surface area contributed by atoms with Crippen molar-refractivity contribution in [3.63, 3.8) is 0 Å². The molecular formula is C22H16BrF6N3O2. The molecule has 0 amide bonds. The molecule has 0 fully saturated rings. The van der Waals surface area contributed by atoms with Crippen molar-refractivity contribution in [2.45, 2.75) is 26.4 Å². The molecule has 0 radical (unpaired) electrons. The molecule has 0 aliphatic rings. The maximum Gasteiger partial charge on any atom is 0.573 e. The van der Waals surface area contributed by atoms with Crippen molar-refractivity contribution in [2.75, 3.05) is 0 Å². The molecule has 3 rings (SSSR count). The van der Waals surface area contributed by atoms with E-state index in [2.05, 4.69) is 30.6 Å². The van der Waals surface area contributed by atoms with Crippen molar-refractivity contribution in [3.05, 3.63) is 64.1 Å². The second-order valence-electron chi connectivity index (χ2n) is 7.00. The molecular weight excluding hydrogens is 532 g/mol. The quantitative estimate of drug-likeness (QED) is 0.265. The number of aliphatic imine (C=N–C) groups is 1. The molecule has 34 heavy (non-hydrogen) atoms. The zero-order valence-electron chi connectivity index (χ0n) is 17.6. The Kier molecular flexibility index (Phi) is 7.10. The monoisotopic (exact) mass is 547 g/mol. The van der Waals surface area contributed by atoms with E-state index in [0.29, 0.717) is 21.3 Å². The maximum atomic E-state index is 12.8. The maximum absolute atomic E-state index is 12.8. The Bertz CT molecular complexity index is 1250. The number of allylic oxidation sites excluding steroid dienone is 2. The van der Waals surface area contributed by atoms with E-state index >= 15 is 0 Å². The summed E-state index contributed by atoms with van der Waals surface area (Å²) in [5.74, 6) is 0.0732. The minimum absolute atomic E-state index is 0.223. The van der Waals surface area contributed by atoms with Crippen LogP contribution in [0.2, 0.25) is 0 Å². The van der Waals surface area contributed by atoms with Crippen molar-refractivity contribution in [3.8, 4) is 28.3 Å². The summed E-state index contributed by atoms with van der Waals surface area (Å²) >= 11 is 3.33. The van der Waals surface area contributed by atoms with Gasteiger partial charge in [0.15, 0.2) is 11.7 Å². The van der Waals surface area contributed by atoms with Crippen molar-refractivity contribution in [1.82, 2.24) is 4.98 Å². The summed E-state index contributed by atoms with van der Waals surface area (Å²) in [6, 6.07) is 9.82. The zero-order valence-corrected chi connectivity index (χ0v) is 19.1. The minimum atomic E-state index is -4.83. The van der Waals surface area contributed by atoms with Gasteiger partial charge in [-0.15, -0.1) is 13.2 Å². The molecule has 0 spiro atoms. The lowest BCUT2D eigenvalue weighted by atomic mass is 10.0. The molecule has 3 aromatic rings. The van der Waals surface area contributed by atoms with E-state index in [-0.39, 0.29) is 22.9 Å². The summed E-state index contributed by atoms with van der Waals surface area (Å²) in [5, 5.41) is 0. The van der Waals surface area contributed by atoms with Crippen LogP contribution >= 0.6 is 15.9 Å². The molecule has 1 aromatic heterocycles. The molecule has 2 N–H and O–H groups in total. The number of oxazole rings is 1. The lowest BCUT2D eigenvalue weighted by molar-refractivity contribution is -0.274. The molecule has 1 heterocycles. The van der Waals surface area contributed by atoms with Crippen LogP contribution in [0.25, 0.3) is 22.6 Å². The number of alkyl halides is 6. The second-order valence-corrected chi connectivity index (χ2v) is 7.91. The first-order valence-electron chi connectivity index (χ1n) is 9.46. The van der Waals surface area contributed by atoms with Crippen molar-refractivity contribution >= 4 is 27.8 Å². The average Bonchev–Trinajstić information content (AvgIpc) is 3.12. The number of nitrogens with two attached hydrogens (primary N) is 1. The Morgan fingerprint density at radius 1 is 1.09 bits per heavy atom. The molecule has 0 aliphatic heterocycles. The van der Waals surface area contributed by atoms with Gasteiger partial charge in [0.2, 0.25) is 0 Å². The molecule has 0 atom stereocenters. The smallest absolute Gasteiger partial charge is 0.440 e. The van der Waals surface area contributed by atoms with E-state index in [4.69, 9.17) is 10.2 Å². The third-order valence-corrected chi connectivity index (χ3v) is 4.92. The number of hydrogen-bond donors (Lipinski definition) is 1. The van der Waals surface area contributed by atoms with E-state index < -0.39 is 24.0 Å². The molecule has 0 bridgehead atoms. The summed E-state index contributed by atoms with van der Waals surface area (Å²) in [5.41, 5.74) is 4.94. The predicted molar refractivity (Wildman–Crippen MR) is 118 cm³/mol. The van der Waals surface area contributed by atoms with Crippen LogP contribution in [-0.2, 0) is 0 Å². The molecule has 2 aromatic carbocycles. The lowest BCUT2D eigenvalue weighted by Crippen LogP contribution is -2.21. The molecule has 0 saturated heterocycles. The highest BCUT2D eigenvalue weighted by molar-refractivity contribution is 9.10. The van der Waals surface area contributed by atoms with Crippen LogP contribution in [0.3, 0.4) is 0 Å². The normalized spacial score (nSPS) is 13.3. The third kappa shape index (κ3) is 6.19. The largest absolute Gasteiger partial charge is 0.573 e. The fraction of sp³-hybridized carbons (Fsp3) is 0.182. The van der Waals surface area contributed by atoms with Gasteiger partial charge >= 0.3 is 12.5 Å². The molecule has 12 heteroatoms. The van der Waals surface area contributed by atoms with Crippen LogP contribution in [-0.4, -0.2) is 23.7 Å². The first-order chi connectivity index (χ1) is 15.7. The van der Waals surface area contributed by atoms with Crippen molar-refractivity contribution < 1.29 is 35.5 Å². The van der Waals surface area contributed by atoms with E-state index in [1.807, 2.05) is 0 Å². The number of aryl methyl sites for hydroxylation is 1. The van der Waals surface area contributed by atoms with E-state index in [1.54, 1.807) is 25.1 Å². The van der Waals surface area contributed by atoms with Gasteiger partial charge in [-0.3, -0.25) is 4.99 Å². The Hall–Kier alpha value is -3.28. The minimum Gasteiger partial charge on any atom is -0.440 e. The Labute approximate surface area is 198 Å². The first-order valence-corrected chi connectivity index (χ1v) is 10.2. The molecule has 180 valence electrons. The summed E-state index contributed by atoms with van der Waals surface area (Å²) in [7, 11) is 0. The van der Waals surface area contributed by atoms with E-state index in [9.17, 15) is 26.3 Å². The van der Waals surface area contributed by atoms with E-state index in [1.165, 1.54) is 19.1 Å². The van der Waals surface area contributed by atoms with Crippen molar-refractivity contribution in [2.24, 2.45) is 10.7 Å². The van der Waals surface area contributed by atoms with Gasteiger partial charge in [0.05, 0.1) is 5.69 Å². The highest BCUT2D eigenvalue weighted by Gasteiger charge is 2.33. The average molecular weight is 548 g/mol. The van der Waals surface area contributed by atoms with Gasteiger partial charge in [0, 0.05) is 28.7 Å². The van der Waals surface area contributed by atoms with Crippen LogP contribution in [0, 0.1) is 6.92 Å². The standard InChI is InChI=1S/C22H16BrF6N3O2/c1-11(20(30)21(24,25)26)10-31-17-8-5-14(23)9-16(17)19-18(32-12(2)33-19)13-3-6-15(7-4-13)34-22(27,28)29/h3-10H,30H2,1-2H3. The number of rotatable bonds is 5. The Balaban J connectivity index is 2.06. The van der Waals surface area contributed by atoms with Gasteiger partial charge in [0.1, 0.15) is 17.1 Å². The van der Waals surface area contributed by atoms with Gasteiger partial charge in [-0.2, -0.15) is 13.2 Å². The van der Waals surface area contributed by atoms with Crippen LogP contribution in [0.15, 0.2) is 67.6 Å². The van der Waals surface area contributed by atoms with Gasteiger partial charge in [-0.25, -0.2) is 4.98 Å². The number of ether oxygens (including phenoxy) is 1. The van der Waals surface area contributed by atoms with Gasteiger partial charge in [-0.1, -0.05) is 15.9 Å².